The first-order valence-corrected chi connectivity index (χ1v) is 16.2. The predicted molar refractivity (Wildman–Crippen MR) is 169 cm³/mol. The molecule has 6 atom stereocenters. The number of nitrogens with zero attached hydrogens (tertiary/aromatic N) is 1. The van der Waals surface area contributed by atoms with E-state index in [1.54, 1.807) is 0 Å². The molecule has 0 saturated heterocycles. The summed E-state index contributed by atoms with van der Waals surface area (Å²) in [6.45, 7) is 10.9. The Morgan fingerprint density at radius 2 is 1.37 bits per heavy atom. The summed E-state index contributed by atoms with van der Waals surface area (Å²) in [6, 6.07) is 20.8. The molecule has 2 aromatic carbocycles. The van der Waals surface area contributed by atoms with Gasteiger partial charge in [-0.15, -0.1) is 0 Å². The second-order valence-corrected chi connectivity index (χ2v) is 12.5. The van der Waals surface area contributed by atoms with E-state index in [2.05, 4.69) is 81.2 Å². The molecule has 1 aliphatic carbocycles. The molecule has 0 spiro atoms. The fourth-order valence-electron chi connectivity index (χ4n) is 5.90. The fourth-order valence-corrected chi connectivity index (χ4v) is 5.90. The van der Waals surface area contributed by atoms with E-state index in [9.17, 15) is 5.11 Å². The Morgan fingerprint density at radius 3 is 1.95 bits per heavy atom. The smallest absolute Gasteiger partial charge is 0.102 e. The third-order valence-corrected chi connectivity index (χ3v) is 8.91. The molecule has 2 aromatic rings. The normalized spacial score (nSPS) is 23.1. The molecule has 5 nitrogen and oxygen atoms in total. The van der Waals surface area contributed by atoms with Gasteiger partial charge in [0.15, 0.2) is 0 Å². The van der Waals surface area contributed by atoms with E-state index in [4.69, 9.17) is 14.2 Å². The first kappa shape index (κ1) is 33.7. The molecule has 0 bridgehead atoms. The average molecular weight is 568 g/mol. The Kier molecular flexibility index (Phi) is 14.8. The zero-order valence-corrected chi connectivity index (χ0v) is 26.5. The minimum atomic E-state index is -0.897. The van der Waals surface area contributed by atoms with Crippen LogP contribution in [0, 0.1) is 5.92 Å². The molecule has 1 saturated carbocycles. The Balaban J connectivity index is 1.78. The topological polar surface area (TPSA) is 51.2 Å². The highest BCUT2D eigenvalue weighted by atomic mass is 16.6. The standard InChI is InChI=1S/C36H57NO4/c1-6-8-10-11-18-24-37(5)34-32(39-26-30-20-14-12-15-21-30)25-33(40-27-31-22-16-13-17-23-31)35(34)41-28-36(4,38)29(3)19-9-7-2/h12-17,20-23,29,32-35,38H,6-11,18-19,24-28H2,1-5H3/t29?,32-,33+,34+,35+,36?/m0/s1. The molecule has 0 heterocycles. The van der Waals surface area contributed by atoms with Crippen molar-refractivity contribution in [3.63, 3.8) is 0 Å². The van der Waals surface area contributed by atoms with Crippen LogP contribution in [0.4, 0.5) is 0 Å². The minimum absolute atomic E-state index is 0.0240. The molecule has 0 aliphatic heterocycles. The van der Waals surface area contributed by atoms with Crippen molar-refractivity contribution in [2.75, 3.05) is 20.2 Å². The molecule has 5 heteroatoms. The van der Waals surface area contributed by atoms with Crippen molar-refractivity contribution in [1.82, 2.24) is 4.90 Å². The molecule has 2 unspecified atom stereocenters. The summed E-state index contributed by atoms with van der Waals surface area (Å²) in [5.41, 5.74) is 1.43. The third kappa shape index (κ3) is 11.1. The van der Waals surface area contributed by atoms with Gasteiger partial charge in [-0.2, -0.15) is 0 Å². The van der Waals surface area contributed by atoms with Gasteiger partial charge >= 0.3 is 0 Å². The zero-order valence-electron chi connectivity index (χ0n) is 26.5. The maximum atomic E-state index is 11.4. The number of hydrogen-bond donors (Lipinski definition) is 1. The summed E-state index contributed by atoms with van der Waals surface area (Å²) in [6.07, 6.45) is 9.90. The van der Waals surface area contributed by atoms with E-state index in [1.807, 2.05) is 19.1 Å². The second kappa shape index (κ2) is 18.0. The van der Waals surface area contributed by atoms with Gasteiger partial charge in [-0.05, 0) is 50.4 Å². The van der Waals surface area contributed by atoms with Crippen LogP contribution in [0.15, 0.2) is 60.7 Å². The number of likely N-dealkylation sites (N-methyl/N-ethyl adjacent to an activating group) is 1. The molecule has 0 amide bonds. The van der Waals surface area contributed by atoms with Gasteiger partial charge < -0.3 is 19.3 Å². The van der Waals surface area contributed by atoms with Gasteiger partial charge in [0.1, 0.15) is 6.10 Å². The van der Waals surface area contributed by atoms with Crippen LogP contribution in [0.1, 0.15) is 96.6 Å². The summed E-state index contributed by atoms with van der Waals surface area (Å²) in [5.74, 6) is 0.160. The van der Waals surface area contributed by atoms with E-state index in [0.717, 1.165) is 44.2 Å². The quantitative estimate of drug-likeness (QED) is 0.166. The van der Waals surface area contributed by atoms with Crippen LogP contribution < -0.4 is 0 Å². The Morgan fingerprint density at radius 1 is 0.805 bits per heavy atom. The molecule has 3 rings (SSSR count). The highest BCUT2D eigenvalue weighted by Gasteiger charge is 2.48. The lowest BCUT2D eigenvalue weighted by atomic mass is 9.87. The first-order chi connectivity index (χ1) is 19.9. The van der Waals surface area contributed by atoms with Gasteiger partial charge in [0.05, 0.1) is 43.7 Å². The van der Waals surface area contributed by atoms with Crippen molar-refractivity contribution in [3.05, 3.63) is 71.8 Å². The lowest BCUT2D eigenvalue weighted by Crippen LogP contribution is -2.50. The highest BCUT2D eigenvalue weighted by molar-refractivity contribution is 5.15. The molecule has 41 heavy (non-hydrogen) atoms. The summed E-state index contributed by atoms with van der Waals surface area (Å²) < 4.78 is 20.0. The third-order valence-electron chi connectivity index (χ3n) is 8.91. The maximum absolute atomic E-state index is 11.4. The van der Waals surface area contributed by atoms with Crippen LogP contribution in [0.2, 0.25) is 0 Å². The van der Waals surface area contributed by atoms with Crippen molar-refractivity contribution in [2.24, 2.45) is 5.92 Å². The summed E-state index contributed by atoms with van der Waals surface area (Å²) in [5, 5.41) is 11.4. The van der Waals surface area contributed by atoms with Crippen LogP contribution in [0.25, 0.3) is 0 Å². The van der Waals surface area contributed by atoms with Gasteiger partial charge in [0.2, 0.25) is 0 Å². The van der Waals surface area contributed by atoms with E-state index in [0.29, 0.717) is 19.8 Å². The number of hydrogen-bond acceptors (Lipinski definition) is 5. The Labute approximate surface area is 250 Å². The fraction of sp³-hybridized carbons (Fsp3) is 0.667. The largest absolute Gasteiger partial charge is 0.387 e. The molecular formula is C36H57NO4. The lowest BCUT2D eigenvalue weighted by molar-refractivity contribution is -0.139. The SMILES string of the molecule is CCCCCCCN(C)[C@H]1[C@H](OCC(C)(O)C(C)CCCC)[C@H](OCc2ccccc2)C[C@@H]1OCc1ccccc1. The zero-order chi connectivity index (χ0) is 29.5. The minimum Gasteiger partial charge on any atom is -0.387 e. The molecule has 1 fully saturated rings. The second-order valence-electron chi connectivity index (χ2n) is 12.5. The van der Waals surface area contributed by atoms with E-state index >= 15 is 0 Å². The average Bonchev–Trinajstić information content (AvgIpc) is 3.34. The number of ether oxygens (including phenoxy) is 3. The van der Waals surface area contributed by atoms with E-state index in [-0.39, 0.29) is 30.3 Å². The monoisotopic (exact) mass is 567 g/mol. The van der Waals surface area contributed by atoms with Crippen LogP contribution in [0.3, 0.4) is 0 Å². The Hall–Kier alpha value is -1.76. The van der Waals surface area contributed by atoms with Gasteiger partial charge in [-0.1, -0.05) is 120 Å². The van der Waals surface area contributed by atoms with Gasteiger partial charge in [-0.25, -0.2) is 0 Å². The van der Waals surface area contributed by atoms with Crippen LogP contribution in [-0.4, -0.2) is 60.2 Å². The highest BCUT2D eigenvalue weighted by Crippen LogP contribution is 2.35. The predicted octanol–water partition coefficient (Wildman–Crippen LogP) is 7.79. The first-order valence-electron chi connectivity index (χ1n) is 16.2. The summed E-state index contributed by atoms with van der Waals surface area (Å²) >= 11 is 0. The van der Waals surface area contributed by atoms with Gasteiger partial charge in [-0.3, -0.25) is 4.90 Å². The number of benzene rings is 2. The van der Waals surface area contributed by atoms with E-state index < -0.39 is 5.60 Å². The van der Waals surface area contributed by atoms with Crippen LogP contribution >= 0.6 is 0 Å². The van der Waals surface area contributed by atoms with Crippen LogP contribution in [-0.2, 0) is 27.4 Å². The molecule has 0 radical (unpaired) electrons. The molecule has 1 N–H and O–H groups in total. The molecule has 230 valence electrons. The van der Waals surface area contributed by atoms with Crippen molar-refractivity contribution in [1.29, 1.82) is 0 Å². The van der Waals surface area contributed by atoms with E-state index in [1.165, 1.54) is 31.2 Å². The van der Waals surface area contributed by atoms with Crippen molar-refractivity contribution < 1.29 is 19.3 Å². The van der Waals surface area contributed by atoms with Crippen molar-refractivity contribution in [3.8, 4) is 0 Å². The van der Waals surface area contributed by atoms with Crippen molar-refractivity contribution in [2.45, 2.75) is 129 Å². The van der Waals surface area contributed by atoms with Gasteiger partial charge in [0.25, 0.3) is 0 Å². The number of aliphatic hydroxyl groups is 1. The maximum Gasteiger partial charge on any atom is 0.102 e. The molecule has 0 aromatic heterocycles. The lowest BCUT2D eigenvalue weighted by Gasteiger charge is -2.37. The summed E-state index contributed by atoms with van der Waals surface area (Å²) in [7, 11) is 2.21. The summed E-state index contributed by atoms with van der Waals surface area (Å²) in [4.78, 5) is 2.44. The molecular weight excluding hydrogens is 510 g/mol. The number of rotatable bonds is 20. The number of unbranched alkanes of at least 4 members (excludes halogenated alkanes) is 5. The molecule has 1 aliphatic rings. The van der Waals surface area contributed by atoms with Crippen LogP contribution in [0.5, 0.6) is 0 Å². The Bertz CT molecular complexity index is 937. The van der Waals surface area contributed by atoms with Crippen molar-refractivity contribution >= 4 is 0 Å². The van der Waals surface area contributed by atoms with Gasteiger partial charge in [0, 0.05) is 6.42 Å².